The summed E-state index contributed by atoms with van der Waals surface area (Å²) in [6, 6.07) is 7.54. The van der Waals surface area contributed by atoms with Crippen molar-refractivity contribution in [3.8, 4) is 0 Å². The van der Waals surface area contributed by atoms with Gasteiger partial charge in [-0.25, -0.2) is 0 Å². The molecular weight excluding hydrogens is 280 g/mol. The van der Waals surface area contributed by atoms with Crippen LogP contribution in [-0.4, -0.2) is 23.1 Å². The number of carbonyl (C=O) groups is 1. The Labute approximate surface area is 130 Å². The average molecular weight is 302 g/mol. The highest BCUT2D eigenvalue weighted by atomic mass is 16.5. The molecule has 0 fully saturated rings. The van der Waals surface area contributed by atoms with Gasteiger partial charge in [-0.1, -0.05) is 19.0 Å². The van der Waals surface area contributed by atoms with Gasteiger partial charge in [0.2, 0.25) is 11.8 Å². The van der Waals surface area contributed by atoms with E-state index in [-0.39, 0.29) is 17.9 Å². The van der Waals surface area contributed by atoms with Gasteiger partial charge in [-0.05, 0) is 31.2 Å². The van der Waals surface area contributed by atoms with E-state index in [0.717, 1.165) is 11.4 Å². The SMILES string of the molecule is CC(=O)N(C)c1ccc(NC(C)c2nc(C(C)C)no2)cc1. The molecule has 0 saturated carbocycles. The zero-order chi connectivity index (χ0) is 16.3. The molecule has 1 atom stereocenters. The Morgan fingerprint density at radius 2 is 1.86 bits per heavy atom. The first-order valence-corrected chi connectivity index (χ1v) is 7.33. The first-order chi connectivity index (χ1) is 10.4. The summed E-state index contributed by atoms with van der Waals surface area (Å²) in [6.07, 6.45) is 0. The maximum Gasteiger partial charge on any atom is 0.248 e. The van der Waals surface area contributed by atoms with Crippen LogP contribution in [0.4, 0.5) is 11.4 Å². The molecule has 118 valence electrons. The fourth-order valence-corrected chi connectivity index (χ4v) is 1.93. The molecule has 0 spiro atoms. The maximum atomic E-state index is 11.3. The molecule has 0 aliphatic rings. The number of amides is 1. The minimum absolute atomic E-state index is 0.00107. The van der Waals surface area contributed by atoms with Gasteiger partial charge in [0.25, 0.3) is 0 Å². The first-order valence-electron chi connectivity index (χ1n) is 7.33. The number of carbonyl (C=O) groups excluding carboxylic acids is 1. The predicted octanol–water partition coefficient (Wildman–Crippen LogP) is 3.35. The van der Waals surface area contributed by atoms with Gasteiger partial charge in [0, 0.05) is 31.3 Å². The summed E-state index contributed by atoms with van der Waals surface area (Å²) in [5.41, 5.74) is 1.78. The summed E-state index contributed by atoms with van der Waals surface area (Å²) >= 11 is 0. The Hall–Kier alpha value is -2.37. The minimum Gasteiger partial charge on any atom is -0.374 e. The van der Waals surface area contributed by atoms with Crippen molar-refractivity contribution in [2.24, 2.45) is 0 Å². The van der Waals surface area contributed by atoms with Crippen molar-refractivity contribution in [1.29, 1.82) is 0 Å². The molecule has 0 aliphatic heterocycles. The van der Waals surface area contributed by atoms with Crippen LogP contribution in [-0.2, 0) is 4.79 Å². The zero-order valence-electron chi connectivity index (χ0n) is 13.6. The number of benzene rings is 1. The molecule has 1 aromatic carbocycles. The smallest absolute Gasteiger partial charge is 0.248 e. The summed E-state index contributed by atoms with van der Waals surface area (Å²) in [7, 11) is 1.75. The topological polar surface area (TPSA) is 71.3 Å². The highest BCUT2D eigenvalue weighted by Gasteiger charge is 2.16. The van der Waals surface area contributed by atoms with E-state index in [1.165, 1.54) is 6.92 Å². The number of hydrogen-bond acceptors (Lipinski definition) is 5. The quantitative estimate of drug-likeness (QED) is 0.917. The van der Waals surface area contributed by atoms with E-state index in [1.54, 1.807) is 11.9 Å². The van der Waals surface area contributed by atoms with E-state index in [1.807, 2.05) is 45.0 Å². The van der Waals surface area contributed by atoms with Crippen LogP contribution < -0.4 is 10.2 Å². The van der Waals surface area contributed by atoms with Gasteiger partial charge in [-0.2, -0.15) is 4.98 Å². The van der Waals surface area contributed by atoms with Crippen LogP contribution in [0.25, 0.3) is 0 Å². The van der Waals surface area contributed by atoms with Crippen molar-refractivity contribution in [3.05, 3.63) is 36.0 Å². The van der Waals surface area contributed by atoms with Gasteiger partial charge in [0.05, 0.1) is 0 Å². The highest BCUT2D eigenvalue weighted by molar-refractivity contribution is 5.91. The van der Waals surface area contributed by atoms with Gasteiger partial charge < -0.3 is 14.7 Å². The third-order valence-electron chi connectivity index (χ3n) is 3.45. The normalized spacial score (nSPS) is 12.3. The van der Waals surface area contributed by atoms with Gasteiger partial charge in [0.15, 0.2) is 5.82 Å². The molecule has 1 heterocycles. The molecule has 1 amide bonds. The Balaban J connectivity index is 2.05. The van der Waals surface area contributed by atoms with Gasteiger partial charge in [-0.15, -0.1) is 0 Å². The monoisotopic (exact) mass is 302 g/mol. The van der Waals surface area contributed by atoms with Crippen LogP contribution >= 0.6 is 0 Å². The third kappa shape index (κ3) is 3.63. The number of anilines is 2. The summed E-state index contributed by atoms with van der Waals surface area (Å²) in [5.74, 6) is 1.52. The second-order valence-electron chi connectivity index (χ2n) is 5.64. The molecule has 0 aliphatic carbocycles. The Kier molecular flexibility index (Phi) is 4.80. The van der Waals surface area contributed by atoms with Crippen LogP contribution in [0.15, 0.2) is 28.8 Å². The molecule has 1 unspecified atom stereocenters. The lowest BCUT2D eigenvalue weighted by Crippen LogP contribution is -2.22. The molecule has 6 heteroatoms. The standard InChI is InChI=1S/C16H22N4O2/c1-10(2)15-18-16(22-19-15)11(3)17-13-6-8-14(9-7-13)20(5)12(4)21/h6-11,17H,1-5H3. The molecule has 2 aromatic rings. The van der Waals surface area contributed by atoms with E-state index in [9.17, 15) is 4.79 Å². The summed E-state index contributed by atoms with van der Waals surface area (Å²) in [6.45, 7) is 7.55. The van der Waals surface area contributed by atoms with Gasteiger partial charge in [0.1, 0.15) is 6.04 Å². The van der Waals surface area contributed by atoms with Crippen molar-refractivity contribution >= 4 is 17.3 Å². The van der Waals surface area contributed by atoms with Gasteiger partial charge >= 0.3 is 0 Å². The first kappa shape index (κ1) is 16.0. The van der Waals surface area contributed by atoms with E-state index in [0.29, 0.717) is 11.7 Å². The van der Waals surface area contributed by atoms with Crippen molar-refractivity contribution in [2.45, 2.75) is 39.7 Å². The lowest BCUT2D eigenvalue weighted by atomic mass is 10.2. The number of nitrogens with zero attached hydrogens (tertiary/aromatic N) is 3. The summed E-state index contributed by atoms with van der Waals surface area (Å²) < 4.78 is 5.28. The van der Waals surface area contributed by atoms with Crippen LogP contribution in [0.3, 0.4) is 0 Å². The largest absolute Gasteiger partial charge is 0.374 e. The Bertz CT molecular complexity index is 634. The second-order valence-corrected chi connectivity index (χ2v) is 5.64. The van der Waals surface area contributed by atoms with Crippen LogP contribution in [0.1, 0.15) is 51.4 Å². The summed E-state index contributed by atoms with van der Waals surface area (Å²) in [5, 5.41) is 7.27. The van der Waals surface area contributed by atoms with Crippen LogP contribution in [0, 0.1) is 0 Å². The number of nitrogens with one attached hydrogen (secondary N) is 1. The Morgan fingerprint density at radius 3 is 2.36 bits per heavy atom. The molecule has 0 bridgehead atoms. The lowest BCUT2D eigenvalue weighted by molar-refractivity contribution is -0.116. The predicted molar refractivity (Wildman–Crippen MR) is 86.0 cm³/mol. The molecule has 6 nitrogen and oxygen atoms in total. The lowest BCUT2D eigenvalue weighted by Gasteiger charge is -2.16. The van der Waals surface area contributed by atoms with E-state index in [4.69, 9.17) is 4.52 Å². The Morgan fingerprint density at radius 1 is 1.23 bits per heavy atom. The number of rotatable bonds is 5. The molecule has 2 rings (SSSR count). The van der Waals surface area contributed by atoms with E-state index < -0.39 is 0 Å². The van der Waals surface area contributed by atoms with Crippen molar-refractivity contribution in [1.82, 2.24) is 10.1 Å². The van der Waals surface area contributed by atoms with Crippen LogP contribution in [0.2, 0.25) is 0 Å². The van der Waals surface area contributed by atoms with Crippen molar-refractivity contribution < 1.29 is 9.32 Å². The molecule has 1 aromatic heterocycles. The second kappa shape index (κ2) is 6.60. The third-order valence-corrected chi connectivity index (χ3v) is 3.45. The van der Waals surface area contributed by atoms with Crippen molar-refractivity contribution in [3.63, 3.8) is 0 Å². The summed E-state index contributed by atoms with van der Waals surface area (Å²) in [4.78, 5) is 17.3. The van der Waals surface area contributed by atoms with E-state index in [2.05, 4.69) is 15.5 Å². The molecular formula is C16H22N4O2. The molecule has 0 saturated heterocycles. The molecule has 0 radical (unpaired) electrons. The average Bonchev–Trinajstić information content (AvgIpc) is 2.97. The minimum atomic E-state index is -0.0867. The molecule has 22 heavy (non-hydrogen) atoms. The fraction of sp³-hybridized carbons (Fsp3) is 0.438. The maximum absolute atomic E-state index is 11.3. The van der Waals surface area contributed by atoms with E-state index >= 15 is 0 Å². The van der Waals surface area contributed by atoms with Crippen LogP contribution in [0.5, 0.6) is 0 Å². The number of hydrogen-bond donors (Lipinski definition) is 1. The molecule has 1 N–H and O–H groups in total. The fourth-order valence-electron chi connectivity index (χ4n) is 1.93. The number of aromatic nitrogens is 2. The van der Waals surface area contributed by atoms with Gasteiger partial charge in [-0.3, -0.25) is 4.79 Å². The zero-order valence-corrected chi connectivity index (χ0v) is 13.6. The highest BCUT2D eigenvalue weighted by Crippen LogP contribution is 2.22. The van der Waals surface area contributed by atoms with Crippen molar-refractivity contribution in [2.75, 3.05) is 17.3 Å².